The van der Waals surface area contributed by atoms with Crippen LogP contribution in [0.1, 0.15) is 18.2 Å². The third-order valence-corrected chi connectivity index (χ3v) is 6.62. The molecule has 0 bridgehead atoms. The fourth-order valence-electron chi connectivity index (χ4n) is 4.30. The first-order valence-electron chi connectivity index (χ1n) is 13.0. The van der Waals surface area contributed by atoms with Crippen LogP contribution in [-0.2, 0) is 11.2 Å². The Labute approximate surface area is 238 Å². The minimum Gasteiger partial charge on any atom is -0.454 e. The van der Waals surface area contributed by atoms with E-state index in [1.54, 1.807) is 12.1 Å². The number of fused-ring (bicyclic) bond motifs is 1. The molecule has 5 heteroatoms. The van der Waals surface area contributed by atoms with E-state index in [-0.39, 0.29) is 5.78 Å². The molecule has 0 atom stereocenters. The normalized spacial score (nSPS) is 14.4. The number of hydrogen-bond acceptors (Lipinski definition) is 4. The zero-order valence-electron chi connectivity index (χ0n) is 22.0. The number of carbonyl (C=O) groups excluding carboxylic acids is 1. The van der Waals surface area contributed by atoms with Crippen LogP contribution >= 0.6 is 11.6 Å². The Morgan fingerprint density at radius 3 is 2.10 bits per heavy atom. The van der Waals surface area contributed by atoms with Gasteiger partial charge in [-0.1, -0.05) is 109 Å². The van der Waals surface area contributed by atoms with E-state index < -0.39 is 0 Å². The Kier molecular flexibility index (Phi) is 8.60. The van der Waals surface area contributed by atoms with Gasteiger partial charge >= 0.3 is 0 Å². The average Bonchev–Trinajstić information content (AvgIpc) is 3.42. The van der Waals surface area contributed by atoms with Gasteiger partial charge in [-0.25, -0.2) is 0 Å². The summed E-state index contributed by atoms with van der Waals surface area (Å²) in [5.74, 6) is 0.598. The highest BCUT2D eigenvalue weighted by molar-refractivity contribution is 6.32. The zero-order chi connectivity index (χ0) is 27.7. The highest BCUT2D eigenvalue weighted by atomic mass is 35.5. The van der Waals surface area contributed by atoms with E-state index in [1.807, 2.05) is 128 Å². The minimum atomic E-state index is 0.0274. The maximum absolute atomic E-state index is 12.9. The summed E-state index contributed by atoms with van der Waals surface area (Å²) < 4.78 is 6.13. The second-order valence-corrected chi connectivity index (χ2v) is 9.65. The first-order valence-corrected chi connectivity index (χ1v) is 13.3. The summed E-state index contributed by atoms with van der Waals surface area (Å²) in [6, 6.07) is 38.9. The fourth-order valence-corrected chi connectivity index (χ4v) is 4.47. The van der Waals surface area contributed by atoms with Crippen LogP contribution in [0.25, 0.3) is 16.7 Å². The maximum atomic E-state index is 12.9. The summed E-state index contributed by atoms with van der Waals surface area (Å²) in [5, 5.41) is 10.5. The van der Waals surface area contributed by atoms with Crippen LogP contribution in [-0.4, -0.2) is 5.78 Å². The van der Waals surface area contributed by atoms with Crippen molar-refractivity contribution in [2.75, 3.05) is 0 Å². The number of para-hydroxylation sites is 1. The molecule has 4 aromatic carbocycles. The zero-order valence-corrected chi connectivity index (χ0v) is 22.8. The van der Waals surface area contributed by atoms with Gasteiger partial charge in [0.2, 0.25) is 0 Å². The van der Waals surface area contributed by atoms with Crippen molar-refractivity contribution in [1.29, 1.82) is 0 Å². The molecule has 0 spiro atoms. The van der Waals surface area contributed by atoms with Gasteiger partial charge in [-0.05, 0) is 54.5 Å². The molecule has 6 rings (SSSR count). The van der Waals surface area contributed by atoms with Crippen molar-refractivity contribution < 1.29 is 9.21 Å². The topological polar surface area (TPSA) is 54.9 Å². The number of Topliss-reactive ketones (excluding diaryl/α,β-unsaturated/α-hetero) is 1. The van der Waals surface area contributed by atoms with Crippen LogP contribution < -0.4 is 0 Å². The van der Waals surface area contributed by atoms with Gasteiger partial charge in [-0.3, -0.25) is 4.79 Å². The van der Waals surface area contributed by atoms with Crippen LogP contribution in [0, 0.1) is 0 Å². The highest BCUT2D eigenvalue weighted by Crippen LogP contribution is 2.34. The van der Waals surface area contributed by atoms with Crippen LogP contribution in [0.3, 0.4) is 0 Å². The van der Waals surface area contributed by atoms with Crippen molar-refractivity contribution in [2.45, 2.75) is 13.3 Å². The number of ketones is 1. The lowest BCUT2D eigenvalue weighted by Gasteiger charge is -2.15. The molecule has 0 fully saturated rings. The number of benzene rings is 4. The van der Waals surface area contributed by atoms with Crippen LogP contribution in [0.5, 0.6) is 0 Å². The molecule has 1 aliphatic carbocycles. The Morgan fingerprint density at radius 2 is 1.40 bits per heavy atom. The first kappa shape index (κ1) is 26.8. The van der Waals surface area contributed by atoms with Crippen LogP contribution in [0.15, 0.2) is 165 Å². The Bertz CT molecular complexity index is 1690. The van der Waals surface area contributed by atoms with E-state index in [0.29, 0.717) is 39.7 Å². The molecule has 1 aliphatic rings. The molecular formula is C35H27ClN2O2. The maximum Gasteiger partial charge on any atom is 0.185 e. The summed E-state index contributed by atoms with van der Waals surface area (Å²) in [5.41, 5.74) is 5.02. The van der Waals surface area contributed by atoms with Gasteiger partial charge in [0, 0.05) is 23.0 Å². The number of carbonyl (C=O) groups is 1. The summed E-state index contributed by atoms with van der Waals surface area (Å²) in [4.78, 5) is 12.9. The van der Waals surface area contributed by atoms with Crippen molar-refractivity contribution >= 4 is 39.7 Å². The van der Waals surface area contributed by atoms with E-state index in [4.69, 9.17) is 16.0 Å². The molecule has 5 aromatic rings. The van der Waals surface area contributed by atoms with E-state index in [1.165, 1.54) is 0 Å². The van der Waals surface area contributed by atoms with Gasteiger partial charge in [0.15, 0.2) is 11.5 Å². The molecule has 0 amide bonds. The van der Waals surface area contributed by atoms with Crippen molar-refractivity contribution in [2.24, 2.45) is 10.2 Å². The third-order valence-electron chi connectivity index (χ3n) is 6.30. The Balaban J connectivity index is 0.000000477. The number of halogens is 1. The number of hydrogen-bond donors (Lipinski definition) is 0. The summed E-state index contributed by atoms with van der Waals surface area (Å²) >= 11 is 6.30. The van der Waals surface area contributed by atoms with Crippen LogP contribution in [0.2, 0.25) is 5.02 Å². The van der Waals surface area contributed by atoms with Crippen molar-refractivity contribution in [1.82, 2.24) is 0 Å². The summed E-state index contributed by atoms with van der Waals surface area (Å²) in [7, 11) is 0. The number of azo groups is 1. The van der Waals surface area contributed by atoms with E-state index >= 15 is 0 Å². The first-order chi connectivity index (χ1) is 19.6. The van der Waals surface area contributed by atoms with Gasteiger partial charge in [0.25, 0.3) is 0 Å². The SMILES string of the molecule is CC1=C/C(=C(/N=Nc2ccccc2Cl)c2cc3ccccc3o2)C=C(Cc2ccccc2)C1=O.c1ccccc1. The van der Waals surface area contributed by atoms with Crippen molar-refractivity contribution in [3.63, 3.8) is 0 Å². The lowest BCUT2D eigenvalue weighted by molar-refractivity contribution is -0.112. The molecule has 0 radical (unpaired) electrons. The number of allylic oxidation sites excluding steroid dienone is 5. The van der Waals surface area contributed by atoms with Crippen LogP contribution in [0.4, 0.5) is 5.69 Å². The predicted molar refractivity (Wildman–Crippen MR) is 163 cm³/mol. The smallest absolute Gasteiger partial charge is 0.185 e. The predicted octanol–water partition coefficient (Wildman–Crippen LogP) is 9.97. The van der Waals surface area contributed by atoms with Crippen molar-refractivity contribution in [3.05, 3.63) is 167 Å². The largest absolute Gasteiger partial charge is 0.454 e. The molecule has 4 nitrogen and oxygen atoms in total. The molecular weight excluding hydrogens is 516 g/mol. The van der Waals surface area contributed by atoms with Crippen molar-refractivity contribution in [3.8, 4) is 0 Å². The molecule has 40 heavy (non-hydrogen) atoms. The standard InChI is InChI=1S/C29H21ClN2O2.C6H6/c1-19-15-22(17-23(29(19)33)16-20-9-3-2-4-10-20)28(32-31-25-13-7-6-12-24(25)30)27-18-21-11-5-8-14-26(21)34-27;1-2-4-6-5-3-1/h2-15,17-18H,16H2,1H3;1-6H/b28-22-,32-31?;. The van der Waals surface area contributed by atoms with Gasteiger partial charge < -0.3 is 4.42 Å². The van der Waals surface area contributed by atoms with E-state index in [0.717, 1.165) is 22.1 Å². The van der Waals surface area contributed by atoms with Gasteiger partial charge in [-0.15, -0.1) is 10.2 Å². The minimum absolute atomic E-state index is 0.0274. The highest BCUT2D eigenvalue weighted by Gasteiger charge is 2.21. The average molecular weight is 543 g/mol. The Hall–Kier alpha value is -4.80. The third kappa shape index (κ3) is 6.60. The quantitative estimate of drug-likeness (QED) is 0.207. The molecule has 1 heterocycles. The van der Waals surface area contributed by atoms with Gasteiger partial charge in [0.05, 0.1) is 5.02 Å². The molecule has 0 N–H and O–H groups in total. The Morgan fingerprint density at radius 1 is 0.775 bits per heavy atom. The fraction of sp³-hybridized carbons (Fsp3) is 0.0571. The number of rotatable bonds is 5. The van der Waals surface area contributed by atoms with Gasteiger partial charge in [-0.2, -0.15) is 0 Å². The van der Waals surface area contributed by atoms with E-state index in [2.05, 4.69) is 10.2 Å². The summed E-state index contributed by atoms with van der Waals surface area (Å²) in [6.45, 7) is 1.82. The molecule has 0 aliphatic heterocycles. The molecule has 0 saturated carbocycles. The molecule has 0 unspecified atom stereocenters. The summed E-state index contributed by atoms with van der Waals surface area (Å²) in [6.07, 6.45) is 4.25. The van der Waals surface area contributed by atoms with E-state index in [9.17, 15) is 4.79 Å². The number of nitrogens with zero attached hydrogens (tertiary/aromatic N) is 2. The van der Waals surface area contributed by atoms with Gasteiger partial charge in [0.1, 0.15) is 17.0 Å². The molecule has 196 valence electrons. The lowest BCUT2D eigenvalue weighted by atomic mass is 9.89. The monoisotopic (exact) mass is 542 g/mol. The second-order valence-electron chi connectivity index (χ2n) is 9.25. The second kappa shape index (κ2) is 12.8. The lowest BCUT2D eigenvalue weighted by Crippen LogP contribution is -2.11. The molecule has 1 aromatic heterocycles. The number of furan rings is 1. The molecule has 0 saturated heterocycles.